The monoisotopic (exact) mass is 608 g/mol. The molecule has 0 radical (unpaired) electrons. The summed E-state index contributed by atoms with van der Waals surface area (Å²) in [5.74, 6) is 1.90. The third-order valence-electron chi connectivity index (χ3n) is 12.0. The molecule has 3 aliphatic heterocycles. The van der Waals surface area contributed by atoms with Gasteiger partial charge in [0.05, 0.1) is 18.2 Å². The minimum absolute atomic E-state index is 0.143. The molecule has 45 heavy (non-hydrogen) atoms. The van der Waals surface area contributed by atoms with Gasteiger partial charge in [0.15, 0.2) is 0 Å². The van der Waals surface area contributed by atoms with Crippen LogP contribution in [0.4, 0.5) is 0 Å². The van der Waals surface area contributed by atoms with Crippen molar-refractivity contribution >= 4 is 22.7 Å². The average Bonchev–Trinajstić information content (AvgIpc) is 3.48. The minimum atomic E-state index is -0.513. The molecule has 0 spiro atoms. The molecule has 238 valence electrons. The summed E-state index contributed by atoms with van der Waals surface area (Å²) in [5.41, 5.74) is 12.0. The van der Waals surface area contributed by atoms with E-state index in [4.69, 9.17) is 10.5 Å². The Kier molecular flexibility index (Phi) is 7.05. The van der Waals surface area contributed by atoms with Crippen molar-refractivity contribution in [3.63, 3.8) is 0 Å². The predicted molar refractivity (Wildman–Crippen MR) is 178 cm³/mol. The molecular formula is C38H48N4O3. The average molecular weight is 609 g/mol. The molecule has 1 aromatic heterocycles. The van der Waals surface area contributed by atoms with Crippen LogP contribution in [0.2, 0.25) is 0 Å². The van der Waals surface area contributed by atoms with Gasteiger partial charge in [-0.2, -0.15) is 0 Å². The molecule has 2 N–H and O–H groups in total. The van der Waals surface area contributed by atoms with Gasteiger partial charge >= 0.3 is 0 Å². The zero-order valence-corrected chi connectivity index (χ0v) is 27.2. The van der Waals surface area contributed by atoms with Crippen LogP contribution in [-0.4, -0.2) is 65.0 Å². The lowest BCUT2D eigenvalue weighted by molar-refractivity contribution is -0.144. The van der Waals surface area contributed by atoms with E-state index in [0.29, 0.717) is 35.9 Å². The van der Waals surface area contributed by atoms with Crippen molar-refractivity contribution in [1.29, 1.82) is 0 Å². The second kappa shape index (κ2) is 10.9. The van der Waals surface area contributed by atoms with Crippen molar-refractivity contribution in [2.45, 2.75) is 102 Å². The lowest BCUT2D eigenvalue weighted by atomic mass is 9.81. The highest BCUT2D eigenvalue weighted by molar-refractivity contribution is 6.01. The van der Waals surface area contributed by atoms with Crippen LogP contribution in [0.25, 0.3) is 22.2 Å². The van der Waals surface area contributed by atoms with E-state index >= 15 is 4.79 Å². The molecule has 7 heteroatoms. The maximum atomic E-state index is 15.2. The minimum Gasteiger partial charge on any atom is -0.497 e. The summed E-state index contributed by atoms with van der Waals surface area (Å²) in [4.78, 5) is 32.7. The predicted octanol–water partition coefficient (Wildman–Crippen LogP) is 6.67. The van der Waals surface area contributed by atoms with E-state index in [-0.39, 0.29) is 12.0 Å². The number of nitrogens with two attached hydrogens (primary N) is 1. The van der Waals surface area contributed by atoms with Gasteiger partial charge in [-0.3, -0.25) is 14.5 Å². The Balaban J connectivity index is 1.31. The number of benzene rings is 2. The number of nitrogens with zero attached hydrogens (tertiary/aromatic N) is 3. The van der Waals surface area contributed by atoms with Crippen LogP contribution in [0.1, 0.15) is 105 Å². The smallest absolute Gasteiger partial charge is 0.248 e. The van der Waals surface area contributed by atoms with Gasteiger partial charge in [-0.25, -0.2) is 0 Å². The van der Waals surface area contributed by atoms with E-state index in [0.717, 1.165) is 43.7 Å². The number of hydrogen-bond acceptors (Lipinski definition) is 4. The van der Waals surface area contributed by atoms with Crippen LogP contribution >= 0.6 is 0 Å². The van der Waals surface area contributed by atoms with Crippen molar-refractivity contribution in [2.24, 2.45) is 17.1 Å². The molecule has 7 nitrogen and oxygen atoms in total. The second-order valence-corrected chi connectivity index (χ2v) is 15.2. The number of ether oxygens (including phenoxy) is 1. The lowest BCUT2D eigenvalue weighted by Crippen LogP contribution is -2.60. The molecule has 2 saturated carbocycles. The molecule has 4 atom stereocenters. The number of aromatic nitrogens is 1. The topological polar surface area (TPSA) is 80.8 Å². The molecule has 4 heterocycles. The first-order valence-corrected chi connectivity index (χ1v) is 17.5. The number of carbonyl (C=O) groups excluding carboxylic acids is 2. The fourth-order valence-electron chi connectivity index (χ4n) is 9.80. The summed E-state index contributed by atoms with van der Waals surface area (Å²) < 4.78 is 8.22. The number of piperazine rings is 1. The van der Waals surface area contributed by atoms with E-state index in [1.54, 1.807) is 7.11 Å². The summed E-state index contributed by atoms with van der Waals surface area (Å²) >= 11 is 0. The Bertz CT molecular complexity index is 1670. The SMILES string of the molecule is COc1ccc2c(c1)C1CC1(C(=O)N1CC3CCCN3C[C@@H]1CC(C)C)Cn1c-2c(C2CCCCC2)c2ccc(C(N)=O)cc21. The number of methoxy groups -OCH3 is 1. The van der Waals surface area contributed by atoms with Gasteiger partial charge in [-0.05, 0) is 98.4 Å². The summed E-state index contributed by atoms with van der Waals surface area (Å²) in [6.45, 7) is 8.19. The van der Waals surface area contributed by atoms with E-state index < -0.39 is 11.3 Å². The van der Waals surface area contributed by atoms with Gasteiger partial charge in [-0.15, -0.1) is 0 Å². The van der Waals surface area contributed by atoms with Crippen LogP contribution in [0.15, 0.2) is 36.4 Å². The number of carbonyl (C=O) groups is 2. The van der Waals surface area contributed by atoms with Crippen LogP contribution < -0.4 is 10.5 Å². The quantitative estimate of drug-likeness (QED) is 0.339. The molecule has 5 aliphatic rings. The van der Waals surface area contributed by atoms with E-state index in [1.807, 2.05) is 12.1 Å². The largest absolute Gasteiger partial charge is 0.497 e. The van der Waals surface area contributed by atoms with Crippen molar-refractivity contribution in [1.82, 2.24) is 14.4 Å². The number of fused-ring (bicyclic) bond motifs is 8. The van der Waals surface area contributed by atoms with Crippen LogP contribution in [0, 0.1) is 11.3 Å². The molecule has 3 aromatic rings. The maximum Gasteiger partial charge on any atom is 0.248 e. The summed E-state index contributed by atoms with van der Waals surface area (Å²) in [7, 11) is 1.73. The van der Waals surface area contributed by atoms with E-state index in [9.17, 15) is 4.79 Å². The zero-order valence-electron chi connectivity index (χ0n) is 27.2. The third kappa shape index (κ3) is 4.63. The molecule has 2 aromatic carbocycles. The molecule has 2 aliphatic carbocycles. The number of amides is 2. The molecule has 0 bridgehead atoms. The Morgan fingerprint density at radius 2 is 1.84 bits per heavy atom. The molecular weight excluding hydrogens is 560 g/mol. The maximum absolute atomic E-state index is 15.2. The van der Waals surface area contributed by atoms with E-state index in [2.05, 4.69) is 52.5 Å². The van der Waals surface area contributed by atoms with Crippen LogP contribution in [0.3, 0.4) is 0 Å². The highest BCUT2D eigenvalue weighted by Crippen LogP contribution is 2.66. The van der Waals surface area contributed by atoms with Gasteiger partial charge in [0, 0.05) is 59.7 Å². The fraction of sp³-hybridized carbons (Fsp3) is 0.579. The first-order chi connectivity index (χ1) is 21.8. The number of primary amides is 1. The summed E-state index contributed by atoms with van der Waals surface area (Å²) in [6.07, 6.45) is 10.4. The normalized spacial score (nSPS) is 27.9. The van der Waals surface area contributed by atoms with E-state index in [1.165, 1.54) is 72.7 Å². The highest BCUT2D eigenvalue weighted by Gasteiger charge is 2.64. The van der Waals surface area contributed by atoms with Crippen molar-refractivity contribution in [3.05, 3.63) is 53.1 Å². The lowest BCUT2D eigenvalue weighted by Gasteiger charge is -2.46. The first kappa shape index (κ1) is 29.1. The van der Waals surface area contributed by atoms with Gasteiger partial charge in [0.1, 0.15) is 5.75 Å². The standard InChI is InChI=1S/C38H48N4O3/c1-23(2)16-27-20-40-15-7-10-26(40)21-41(27)37(44)38-19-32(38)31-18-28(45-3)12-14-29(31)35-34(24-8-5-4-6-9-24)30-13-11-25(36(39)43)17-33(30)42(35)22-38/h11-14,17-18,23-24,26-27,32H,4-10,15-16,19-22H2,1-3H3,(H2,39,43)/t26?,27-,32?,38?/m0/s1. The molecule has 3 unspecified atom stereocenters. The van der Waals surface area contributed by atoms with Crippen molar-refractivity contribution in [3.8, 4) is 17.0 Å². The molecule has 2 amide bonds. The second-order valence-electron chi connectivity index (χ2n) is 15.2. The van der Waals surface area contributed by atoms with Crippen LogP contribution in [-0.2, 0) is 11.3 Å². The summed E-state index contributed by atoms with van der Waals surface area (Å²) in [6, 6.07) is 13.3. The molecule has 8 rings (SSSR count). The highest BCUT2D eigenvalue weighted by atomic mass is 16.5. The Labute approximate surface area is 267 Å². The number of rotatable bonds is 6. The van der Waals surface area contributed by atoms with Gasteiger partial charge in [-0.1, -0.05) is 39.2 Å². The van der Waals surface area contributed by atoms with Crippen LogP contribution in [0.5, 0.6) is 5.75 Å². The Morgan fingerprint density at radius 1 is 1.02 bits per heavy atom. The molecule has 2 saturated heterocycles. The first-order valence-electron chi connectivity index (χ1n) is 17.5. The summed E-state index contributed by atoms with van der Waals surface area (Å²) in [5, 5.41) is 1.21. The van der Waals surface area contributed by atoms with Gasteiger partial charge < -0.3 is 19.9 Å². The van der Waals surface area contributed by atoms with Crippen molar-refractivity contribution in [2.75, 3.05) is 26.7 Å². The zero-order chi connectivity index (χ0) is 31.0. The van der Waals surface area contributed by atoms with Gasteiger partial charge in [0.2, 0.25) is 11.8 Å². The number of hydrogen-bond donors (Lipinski definition) is 1. The third-order valence-corrected chi connectivity index (χ3v) is 12.0. The molecule has 4 fully saturated rings. The Hall–Kier alpha value is -3.32. The van der Waals surface area contributed by atoms with Gasteiger partial charge in [0.25, 0.3) is 0 Å². The van der Waals surface area contributed by atoms with Crippen molar-refractivity contribution < 1.29 is 14.3 Å². The Morgan fingerprint density at radius 3 is 2.60 bits per heavy atom. The fourth-order valence-corrected chi connectivity index (χ4v) is 9.80.